The molecular weight excluding hydrogens is 188 g/mol. The van der Waals surface area contributed by atoms with E-state index >= 15 is 0 Å². The molecule has 0 amide bonds. The Morgan fingerprint density at radius 1 is 1.43 bits per heavy atom. The second-order valence-corrected chi connectivity index (χ2v) is 3.23. The van der Waals surface area contributed by atoms with Gasteiger partial charge in [0.25, 0.3) is 0 Å². The number of phenolic OH excluding ortho intramolecular Hbond substituents is 1. The third-order valence-electron chi connectivity index (χ3n) is 2.06. The van der Waals surface area contributed by atoms with E-state index in [2.05, 4.69) is 0 Å². The fraction of sp³-hybridized carbons (Fsp3) is 0.400. The third kappa shape index (κ3) is 2.20. The maximum absolute atomic E-state index is 12.9. The minimum atomic E-state index is -1.22. The van der Waals surface area contributed by atoms with Crippen LogP contribution >= 0.6 is 0 Å². The van der Waals surface area contributed by atoms with Crippen molar-refractivity contribution in [1.82, 2.24) is 0 Å². The standard InChI is InChI=1S/C10H13F2NO/c1-2-3-8(13)6-4-7(11)10(12)9(14)5-6/h4-5,8,14H,2-3,13H2,1H3. The van der Waals surface area contributed by atoms with Crippen LogP contribution in [0.4, 0.5) is 8.78 Å². The zero-order chi connectivity index (χ0) is 10.7. The van der Waals surface area contributed by atoms with E-state index in [0.717, 1.165) is 12.5 Å². The van der Waals surface area contributed by atoms with Crippen LogP contribution in [0.3, 0.4) is 0 Å². The summed E-state index contributed by atoms with van der Waals surface area (Å²) in [7, 11) is 0. The minimum Gasteiger partial charge on any atom is -0.505 e. The number of halogens is 2. The normalized spacial score (nSPS) is 12.9. The molecular formula is C10H13F2NO. The minimum absolute atomic E-state index is 0.360. The smallest absolute Gasteiger partial charge is 0.200 e. The van der Waals surface area contributed by atoms with Gasteiger partial charge in [-0.25, -0.2) is 4.39 Å². The topological polar surface area (TPSA) is 46.2 Å². The summed E-state index contributed by atoms with van der Waals surface area (Å²) in [6, 6.07) is 1.83. The predicted octanol–water partition coefficient (Wildman–Crippen LogP) is 2.47. The zero-order valence-electron chi connectivity index (χ0n) is 7.93. The van der Waals surface area contributed by atoms with E-state index in [0.29, 0.717) is 12.0 Å². The van der Waals surface area contributed by atoms with Crippen LogP contribution in [0.15, 0.2) is 12.1 Å². The van der Waals surface area contributed by atoms with Gasteiger partial charge < -0.3 is 10.8 Å². The van der Waals surface area contributed by atoms with E-state index in [-0.39, 0.29) is 6.04 Å². The van der Waals surface area contributed by atoms with Crippen molar-refractivity contribution in [1.29, 1.82) is 0 Å². The van der Waals surface area contributed by atoms with E-state index < -0.39 is 17.4 Å². The Balaban J connectivity index is 3.00. The maximum Gasteiger partial charge on any atom is 0.200 e. The van der Waals surface area contributed by atoms with Crippen molar-refractivity contribution in [2.75, 3.05) is 0 Å². The molecule has 1 atom stereocenters. The highest BCUT2D eigenvalue weighted by Crippen LogP contribution is 2.25. The predicted molar refractivity (Wildman–Crippen MR) is 49.9 cm³/mol. The second-order valence-electron chi connectivity index (χ2n) is 3.23. The van der Waals surface area contributed by atoms with E-state index in [1.54, 1.807) is 0 Å². The van der Waals surface area contributed by atoms with Gasteiger partial charge in [-0.15, -0.1) is 0 Å². The fourth-order valence-corrected chi connectivity index (χ4v) is 1.29. The van der Waals surface area contributed by atoms with E-state index in [1.807, 2.05) is 6.92 Å². The first-order valence-corrected chi connectivity index (χ1v) is 4.49. The molecule has 0 radical (unpaired) electrons. The molecule has 1 aromatic rings. The van der Waals surface area contributed by atoms with Crippen LogP contribution in [-0.2, 0) is 0 Å². The summed E-state index contributed by atoms with van der Waals surface area (Å²) in [5.74, 6) is -2.98. The summed E-state index contributed by atoms with van der Waals surface area (Å²) in [5, 5.41) is 9.03. The summed E-state index contributed by atoms with van der Waals surface area (Å²) >= 11 is 0. The Morgan fingerprint density at radius 3 is 2.57 bits per heavy atom. The van der Waals surface area contributed by atoms with Gasteiger partial charge >= 0.3 is 0 Å². The molecule has 1 aromatic carbocycles. The van der Waals surface area contributed by atoms with Gasteiger partial charge in [0.05, 0.1) is 0 Å². The highest BCUT2D eigenvalue weighted by atomic mass is 19.2. The second kappa shape index (κ2) is 4.37. The van der Waals surface area contributed by atoms with E-state index in [4.69, 9.17) is 10.8 Å². The van der Waals surface area contributed by atoms with Gasteiger partial charge in [-0.3, -0.25) is 0 Å². The van der Waals surface area contributed by atoms with E-state index in [9.17, 15) is 8.78 Å². The van der Waals surface area contributed by atoms with Crippen molar-refractivity contribution >= 4 is 0 Å². The third-order valence-corrected chi connectivity index (χ3v) is 2.06. The number of nitrogens with two attached hydrogens (primary N) is 1. The largest absolute Gasteiger partial charge is 0.505 e. The lowest BCUT2D eigenvalue weighted by molar-refractivity contribution is 0.404. The summed E-state index contributed by atoms with van der Waals surface area (Å²) in [4.78, 5) is 0. The molecule has 3 N–H and O–H groups in total. The van der Waals surface area contributed by atoms with Crippen LogP contribution in [0.25, 0.3) is 0 Å². The van der Waals surface area contributed by atoms with Crippen LogP contribution in [-0.4, -0.2) is 5.11 Å². The summed E-state index contributed by atoms with van der Waals surface area (Å²) in [6.45, 7) is 1.94. The molecule has 2 nitrogen and oxygen atoms in total. The number of phenols is 1. The van der Waals surface area contributed by atoms with Crippen molar-refractivity contribution < 1.29 is 13.9 Å². The quantitative estimate of drug-likeness (QED) is 0.789. The lowest BCUT2D eigenvalue weighted by atomic mass is 10.0. The molecule has 78 valence electrons. The van der Waals surface area contributed by atoms with Crippen molar-refractivity contribution in [2.45, 2.75) is 25.8 Å². The lowest BCUT2D eigenvalue weighted by Gasteiger charge is -2.11. The summed E-state index contributed by atoms with van der Waals surface area (Å²) in [5.41, 5.74) is 6.11. The van der Waals surface area contributed by atoms with Gasteiger partial charge in [0.2, 0.25) is 0 Å². The molecule has 0 aromatic heterocycles. The van der Waals surface area contributed by atoms with Crippen molar-refractivity contribution in [3.05, 3.63) is 29.3 Å². The van der Waals surface area contributed by atoms with Crippen LogP contribution in [0.1, 0.15) is 31.4 Å². The molecule has 0 aliphatic carbocycles. The number of hydrogen-bond donors (Lipinski definition) is 2. The van der Waals surface area contributed by atoms with Crippen molar-refractivity contribution in [2.24, 2.45) is 5.73 Å². The first-order chi connectivity index (χ1) is 6.56. The number of hydrogen-bond acceptors (Lipinski definition) is 2. The molecule has 1 unspecified atom stereocenters. The van der Waals surface area contributed by atoms with Gasteiger partial charge in [0.15, 0.2) is 17.4 Å². The molecule has 0 aliphatic rings. The maximum atomic E-state index is 12.9. The molecule has 0 heterocycles. The Labute approximate surface area is 81.4 Å². The Kier molecular flexibility index (Phi) is 3.41. The van der Waals surface area contributed by atoms with Gasteiger partial charge in [-0.05, 0) is 24.1 Å². The average Bonchev–Trinajstić information content (AvgIpc) is 2.13. The average molecular weight is 201 g/mol. The number of aromatic hydroxyl groups is 1. The molecule has 14 heavy (non-hydrogen) atoms. The molecule has 0 saturated carbocycles. The Morgan fingerprint density at radius 2 is 2.07 bits per heavy atom. The summed E-state index contributed by atoms with van der Waals surface area (Å²) in [6.07, 6.45) is 1.52. The Hall–Kier alpha value is -1.16. The fourth-order valence-electron chi connectivity index (χ4n) is 1.29. The molecule has 0 fully saturated rings. The van der Waals surface area contributed by atoms with Crippen molar-refractivity contribution in [3.8, 4) is 5.75 Å². The molecule has 0 spiro atoms. The highest BCUT2D eigenvalue weighted by Gasteiger charge is 2.13. The molecule has 0 saturated heterocycles. The molecule has 0 bridgehead atoms. The molecule has 0 aliphatic heterocycles. The first kappa shape index (κ1) is 10.9. The highest BCUT2D eigenvalue weighted by molar-refractivity contribution is 5.31. The first-order valence-electron chi connectivity index (χ1n) is 4.49. The van der Waals surface area contributed by atoms with Crippen molar-refractivity contribution in [3.63, 3.8) is 0 Å². The van der Waals surface area contributed by atoms with Gasteiger partial charge in [0.1, 0.15) is 0 Å². The Bertz CT molecular complexity index is 305. The summed E-state index contributed by atoms with van der Waals surface area (Å²) < 4.78 is 25.5. The molecule has 1 rings (SSSR count). The lowest BCUT2D eigenvalue weighted by Crippen LogP contribution is -2.10. The number of benzene rings is 1. The zero-order valence-corrected chi connectivity index (χ0v) is 7.93. The van der Waals surface area contributed by atoms with Crippen LogP contribution < -0.4 is 5.73 Å². The van der Waals surface area contributed by atoms with Gasteiger partial charge in [0, 0.05) is 6.04 Å². The van der Waals surface area contributed by atoms with Gasteiger partial charge in [-0.2, -0.15) is 4.39 Å². The monoisotopic (exact) mass is 201 g/mol. The SMILES string of the molecule is CCCC(N)c1cc(O)c(F)c(F)c1. The van der Waals surface area contributed by atoms with E-state index in [1.165, 1.54) is 6.07 Å². The van der Waals surface area contributed by atoms with Crippen LogP contribution in [0, 0.1) is 11.6 Å². The van der Waals surface area contributed by atoms with Crippen LogP contribution in [0.2, 0.25) is 0 Å². The van der Waals surface area contributed by atoms with Gasteiger partial charge in [-0.1, -0.05) is 13.3 Å². The molecule has 4 heteroatoms. The number of rotatable bonds is 3. The van der Waals surface area contributed by atoms with Crippen LogP contribution in [0.5, 0.6) is 5.75 Å².